The highest BCUT2D eigenvalue weighted by Gasteiger charge is 2.23. The van der Waals surface area contributed by atoms with Crippen LogP contribution in [0, 0.1) is 11.8 Å². The smallest absolute Gasteiger partial charge is 0.350 e. The summed E-state index contributed by atoms with van der Waals surface area (Å²) in [6.45, 7) is 6.48. The highest BCUT2D eigenvalue weighted by Crippen LogP contribution is 2.36. The molecular formula is C20H27N3O4S. The van der Waals surface area contributed by atoms with E-state index in [1.165, 1.54) is 18.4 Å². The highest BCUT2D eigenvalue weighted by molar-refractivity contribution is 7.21. The SMILES string of the molecule is COC(=O)c1sc2nc(CN3CCC(CO)CC3)ccc2c1NC(=O)C(C)C. The molecule has 28 heavy (non-hydrogen) atoms. The summed E-state index contributed by atoms with van der Waals surface area (Å²) in [5.74, 6) is -0.427. The number of nitrogens with one attached hydrogen (secondary N) is 1. The fourth-order valence-electron chi connectivity index (χ4n) is 3.29. The minimum absolute atomic E-state index is 0.152. The van der Waals surface area contributed by atoms with Crippen LogP contribution in [0.25, 0.3) is 10.2 Å². The molecule has 0 aromatic carbocycles. The van der Waals surface area contributed by atoms with E-state index in [9.17, 15) is 14.7 Å². The number of fused-ring (bicyclic) bond motifs is 1. The fraction of sp³-hybridized carbons (Fsp3) is 0.550. The van der Waals surface area contributed by atoms with Crippen LogP contribution in [-0.2, 0) is 16.1 Å². The number of anilines is 1. The molecule has 7 nitrogen and oxygen atoms in total. The number of rotatable bonds is 6. The number of hydrogen-bond donors (Lipinski definition) is 2. The number of pyridine rings is 1. The second-order valence-electron chi connectivity index (χ2n) is 7.50. The molecule has 0 saturated carbocycles. The minimum Gasteiger partial charge on any atom is -0.465 e. The first-order valence-corrected chi connectivity index (χ1v) is 10.4. The van der Waals surface area contributed by atoms with Gasteiger partial charge >= 0.3 is 5.97 Å². The van der Waals surface area contributed by atoms with Crippen molar-refractivity contribution in [1.82, 2.24) is 9.88 Å². The van der Waals surface area contributed by atoms with Crippen molar-refractivity contribution in [2.24, 2.45) is 11.8 Å². The quantitative estimate of drug-likeness (QED) is 0.718. The number of aliphatic hydroxyl groups is 1. The van der Waals surface area contributed by atoms with E-state index in [0.29, 0.717) is 21.3 Å². The minimum atomic E-state index is -0.477. The van der Waals surface area contributed by atoms with Crippen molar-refractivity contribution in [3.63, 3.8) is 0 Å². The normalized spacial score (nSPS) is 15.9. The molecule has 1 amide bonds. The third-order valence-electron chi connectivity index (χ3n) is 5.11. The number of piperidine rings is 1. The largest absolute Gasteiger partial charge is 0.465 e. The molecule has 3 rings (SSSR count). The van der Waals surface area contributed by atoms with E-state index in [1.807, 2.05) is 12.1 Å². The molecule has 0 unspecified atom stereocenters. The van der Waals surface area contributed by atoms with E-state index in [2.05, 4.69) is 10.2 Å². The second-order valence-corrected chi connectivity index (χ2v) is 8.50. The number of thiophene rings is 1. The molecule has 1 aliphatic heterocycles. The van der Waals surface area contributed by atoms with Gasteiger partial charge in [-0.3, -0.25) is 9.69 Å². The van der Waals surface area contributed by atoms with Gasteiger partial charge in [-0.05, 0) is 44.0 Å². The monoisotopic (exact) mass is 405 g/mol. The number of methoxy groups -OCH3 is 1. The predicted molar refractivity (Wildman–Crippen MR) is 110 cm³/mol. The molecule has 2 aromatic heterocycles. The zero-order chi connectivity index (χ0) is 20.3. The van der Waals surface area contributed by atoms with Gasteiger partial charge in [0.1, 0.15) is 9.71 Å². The molecular weight excluding hydrogens is 378 g/mol. The molecule has 8 heteroatoms. The van der Waals surface area contributed by atoms with Crippen LogP contribution in [0.1, 0.15) is 42.1 Å². The van der Waals surface area contributed by atoms with Gasteiger partial charge in [-0.15, -0.1) is 11.3 Å². The van der Waals surface area contributed by atoms with Gasteiger partial charge in [0.05, 0.1) is 18.5 Å². The Labute approximate surface area is 168 Å². The maximum absolute atomic E-state index is 12.2. The lowest BCUT2D eigenvalue weighted by atomic mass is 9.98. The van der Waals surface area contributed by atoms with Crippen LogP contribution in [0.2, 0.25) is 0 Å². The van der Waals surface area contributed by atoms with E-state index in [-0.39, 0.29) is 18.4 Å². The van der Waals surface area contributed by atoms with Crippen molar-refractivity contribution < 1.29 is 19.4 Å². The summed E-state index contributed by atoms with van der Waals surface area (Å²) >= 11 is 1.24. The molecule has 0 atom stereocenters. The number of aliphatic hydroxyl groups excluding tert-OH is 1. The van der Waals surface area contributed by atoms with Crippen molar-refractivity contribution in [3.8, 4) is 0 Å². The topological polar surface area (TPSA) is 91.8 Å². The van der Waals surface area contributed by atoms with Gasteiger partial charge in [0.15, 0.2) is 0 Å². The second kappa shape index (κ2) is 8.98. The number of carbonyl (C=O) groups excluding carboxylic acids is 2. The van der Waals surface area contributed by atoms with E-state index in [4.69, 9.17) is 9.72 Å². The van der Waals surface area contributed by atoms with E-state index >= 15 is 0 Å². The van der Waals surface area contributed by atoms with Crippen LogP contribution in [0.5, 0.6) is 0 Å². The van der Waals surface area contributed by atoms with Crippen LogP contribution < -0.4 is 5.32 Å². The zero-order valence-electron chi connectivity index (χ0n) is 16.5. The van der Waals surface area contributed by atoms with Crippen molar-refractivity contribution in [1.29, 1.82) is 0 Å². The Morgan fingerprint density at radius 3 is 2.68 bits per heavy atom. The van der Waals surface area contributed by atoms with E-state index < -0.39 is 5.97 Å². The van der Waals surface area contributed by atoms with Crippen LogP contribution in [0.15, 0.2) is 12.1 Å². The van der Waals surface area contributed by atoms with Crippen LogP contribution >= 0.6 is 11.3 Å². The van der Waals surface area contributed by atoms with Gasteiger partial charge in [-0.1, -0.05) is 13.8 Å². The van der Waals surface area contributed by atoms with Gasteiger partial charge in [-0.2, -0.15) is 0 Å². The Bertz CT molecular complexity index is 856. The maximum Gasteiger partial charge on any atom is 0.350 e. The van der Waals surface area contributed by atoms with Gasteiger partial charge in [-0.25, -0.2) is 9.78 Å². The first-order valence-electron chi connectivity index (χ1n) is 9.57. The molecule has 1 saturated heterocycles. The van der Waals surface area contributed by atoms with E-state index in [1.54, 1.807) is 13.8 Å². The number of ether oxygens (including phenoxy) is 1. The highest BCUT2D eigenvalue weighted by atomic mass is 32.1. The average Bonchev–Trinajstić information content (AvgIpc) is 3.05. The van der Waals surface area contributed by atoms with Gasteiger partial charge in [0, 0.05) is 24.5 Å². The van der Waals surface area contributed by atoms with Gasteiger partial charge in [0.2, 0.25) is 5.91 Å². The molecule has 1 fully saturated rings. The summed E-state index contributed by atoms with van der Waals surface area (Å²) in [7, 11) is 1.33. The number of esters is 1. The predicted octanol–water partition coefficient (Wildman–Crippen LogP) is 2.88. The van der Waals surface area contributed by atoms with Crippen molar-refractivity contribution in [3.05, 3.63) is 22.7 Å². The first-order chi connectivity index (χ1) is 13.4. The summed E-state index contributed by atoms with van der Waals surface area (Å²) in [4.78, 5) is 32.5. The molecule has 0 bridgehead atoms. The molecule has 1 aliphatic rings. The summed E-state index contributed by atoms with van der Waals surface area (Å²) in [5.41, 5.74) is 1.41. The summed E-state index contributed by atoms with van der Waals surface area (Å²) < 4.78 is 4.88. The lowest BCUT2D eigenvalue weighted by Crippen LogP contribution is -2.34. The van der Waals surface area contributed by atoms with Crippen LogP contribution in [0.4, 0.5) is 5.69 Å². The summed E-state index contributed by atoms with van der Waals surface area (Å²) in [5, 5.41) is 12.9. The lowest BCUT2D eigenvalue weighted by Gasteiger charge is -2.30. The fourth-order valence-corrected chi connectivity index (χ4v) is 4.36. The Balaban J connectivity index is 1.85. The van der Waals surface area contributed by atoms with Crippen LogP contribution in [-0.4, -0.2) is 53.7 Å². The molecule has 3 heterocycles. The molecule has 152 valence electrons. The average molecular weight is 406 g/mol. The Hall–Kier alpha value is -2.03. The summed E-state index contributed by atoms with van der Waals surface area (Å²) in [6, 6.07) is 3.86. The van der Waals surface area contributed by atoms with Gasteiger partial charge < -0.3 is 15.2 Å². The molecule has 0 aliphatic carbocycles. The molecule has 0 radical (unpaired) electrons. The van der Waals surface area contributed by atoms with Crippen LogP contribution in [0.3, 0.4) is 0 Å². The standard InChI is InChI=1S/C20H27N3O4S/c1-12(2)18(25)22-16-15-5-4-14(10-23-8-6-13(11-24)7-9-23)21-19(15)28-17(16)20(26)27-3/h4-5,12-13,24H,6-11H2,1-3H3,(H,22,25). The first kappa shape index (κ1) is 20.7. The number of likely N-dealkylation sites (tertiary alicyclic amines) is 1. The Morgan fingerprint density at radius 2 is 2.07 bits per heavy atom. The Kier molecular flexibility index (Phi) is 6.64. The number of amides is 1. The number of carbonyl (C=O) groups is 2. The Morgan fingerprint density at radius 1 is 1.36 bits per heavy atom. The van der Waals surface area contributed by atoms with E-state index in [0.717, 1.165) is 43.6 Å². The van der Waals surface area contributed by atoms with Crippen molar-refractivity contribution >= 4 is 39.1 Å². The number of nitrogens with zero attached hydrogens (tertiary/aromatic N) is 2. The van der Waals surface area contributed by atoms with Crippen molar-refractivity contribution in [2.75, 3.05) is 32.1 Å². The number of aromatic nitrogens is 1. The van der Waals surface area contributed by atoms with Crippen molar-refractivity contribution in [2.45, 2.75) is 33.2 Å². The lowest BCUT2D eigenvalue weighted by molar-refractivity contribution is -0.118. The third-order valence-corrected chi connectivity index (χ3v) is 6.19. The number of hydrogen-bond acceptors (Lipinski definition) is 7. The molecule has 2 N–H and O–H groups in total. The third kappa shape index (κ3) is 4.51. The molecule has 2 aromatic rings. The summed E-state index contributed by atoms with van der Waals surface area (Å²) in [6.07, 6.45) is 1.99. The maximum atomic E-state index is 12.2. The molecule has 0 spiro atoms. The zero-order valence-corrected chi connectivity index (χ0v) is 17.3. The van der Waals surface area contributed by atoms with Gasteiger partial charge in [0.25, 0.3) is 0 Å².